The van der Waals surface area contributed by atoms with Crippen LogP contribution in [0.1, 0.15) is 22.4 Å². The van der Waals surface area contributed by atoms with E-state index in [2.05, 4.69) is 70.4 Å². The van der Waals surface area contributed by atoms with E-state index >= 15 is 0 Å². The highest BCUT2D eigenvalue weighted by Crippen LogP contribution is 2.32. The molecule has 0 saturated carbocycles. The molecule has 166 valence electrons. The normalized spacial score (nSPS) is 14.3. The van der Waals surface area contributed by atoms with Gasteiger partial charge in [-0.25, -0.2) is 4.98 Å². The van der Waals surface area contributed by atoms with Gasteiger partial charge in [0, 0.05) is 65.2 Å². The summed E-state index contributed by atoms with van der Waals surface area (Å²) in [6.07, 6.45) is 5.51. The number of aromatic amines is 1. The molecule has 0 aliphatic carbocycles. The maximum Gasteiger partial charge on any atom is 0.152 e. The average molecular weight is 445 g/mol. The third kappa shape index (κ3) is 3.20. The third-order valence-corrected chi connectivity index (χ3v) is 7.01. The molecule has 0 atom stereocenters. The van der Waals surface area contributed by atoms with Crippen molar-refractivity contribution >= 4 is 32.9 Å². The van der Waals surface area contributed by atoms with Crippen molar-refractivity contribution in [1.29, 1.82) is 0 Å². The van der Waals surface area contributed by atoms with E-state index in [0.29, 0.717) is 0 Å². The molecule has 1 aliphatic rings. The summed E-state index contributed by atoms with van der Waals surface area (Å²) in [6, 6.07) is 21.2. The zero-order chi connectivity index (χ0) is 22.6. The second-order valence-corrected chi connectivity index (χ2v) is 9.34. The van der Waals surface area contributed by atoms with Crippen molar-refractivity contribution < 1.29 is 4.42 Å². The largest absolute Gasteiger partial charge is 0.462 e. The molecule has 6 aromatic rings. The van der Waals surface area contributed by atoms with Gasteiger partial charge in [-0.15, -0.1) is 0 Å². The second kappa shape index (κ2) is 7.54. The predicted octanol–water partition coefficient (Wildman–Crippen LogP) is 6.10. The molecule has 7 rings (SSSR count). The minimum atomic E-state index is 0.769. The van der Waals surface area contributed by atoms with Crippen LogP contribution in [0.2, 0.25) is 0 Å². The highest BCUT2D eigenvalue weighted by atomic mass is 16.3. The van der Waals surface area contributed by atoms with Crippen LogP contribution < -0.4 is 0 Å². The SMILES string of the molecule is CN1CCc2[nH]c3ccc(-c4ccc5occ(Cc6ccc7ncccc7c6)c5n4)cc3c2C1. The van der Waals surface area contributed by atoms with Crippen LogP contribution in [0, 0.1) is 0 Å². The molecule has 1 aliphatic heterocycles. The number of nitrogens with zero attached hydrogens (tertiary/aromatic N) is 3. The van der Waals surface area contributed by atoms with Gasteiger partial charge in [-0.05, 0) is 60.6 Å². The van der Waals surface area contributed by atoms with Gasteiger partial charge >= 0.3 is 0 Å². The van der Waals surface area contributed by atoms with Crippen molar-refractivity contribution in [2.24, 2.45) is 0 Å². The van der Waals surface area contributed by atoms with Gasteiger partial charge in [0.05, 0.1) is 17.5 Å². The lowest BCUT2D eigenvalue weighted by Crippen LogP contribution is -2.25. The minimum absolute atomic E-state index is 0.769. The summed E-state index contributed by atoms with van der Waals surface area (Å²) >= 11 is 0. The first-order valence-electron chi connectivity index (χ1n) is 11.7. The first kappa shape index (κ1) is 19.5. The summed E-state index contributed by atoms with van der Waals surface area (Å²) in [5.41, 5.74) is 11.2. The van der Waals surface area contributed by atoms with Crippen LogP contribution >= 0.6 is 0 Å². The quantitative estimate of drug-likeness (QED) is 0.358. The van der Waals surface area contributed by atoms with E-state index in [1.807, 2.05) is 24.6 Å². The maximum atomic E-state index is 5.86. The van der Waals surface area contributed by atoms with Crippen molar-refractivity contribution in [1.82, 2.24) is 19.9 Å². The number of fused-ring (bicyclic) bond motifs is 5. The molecule has 2 aromatic carbocycles. The summed E-state index contributed by atoms with van der Waals surface area (Å²) in [7, 11) is 2.19. The summed E-state index contributed by atoms with van der Waals surface area (Å²) in [4.78, 5) is 15.5. The van der Waals surface area contributed by atoms with Crippen molar-refractivity contribution in [3.63, 3.8) is 0 Å². The van der Waals surface area contributed by atoms with Gasteiger partial charge in [0.15, 0.2) is 5.58 Å². The van der Waals surface area contributed by atoms with Crippen LogP contribution in [0.3, 0.4) is 0 Å². The zero-order valence-electron chi connectivity index (χ0n) is 19.0. The third-order valence-electron chi connectivity index (χ3n) is 7.01. The number of hydrogen-bond donors (Lipinski definition) is 1. The van der Waals surface area contributed by atoms with Gasteiger partial charge in [-0.3, -0.25) is 4.98 Å². The number of aromatic nitrogens is 3. The lowest BCUT2D eigenvalue weighted by Gasteiger charge is -2.22. The van der Waals surface area contributed by atoms with Crippen molar-refractivity contribution in [3.8, 4) is 11.3 Å². The number of benzene rings is 2. The van der Waals surface area contributed by atoms with Gasteiger partial charge in [0.1, 0.15) is 5.52 Å². The van der Waals surface area contributed by atoms with E-state index in [9.17, 15) is 0 Å². The monoisotopic (exact) mass is 444 g/mol. The average Bonchev–Trinajstić information content (AvgIpc) is 3.44. The molecule has 5 heteroatoms. The number of pyridine rings is 2. The van der Waals surface area contributed by atoms with Crippen LogP contribution in [0.4, 0.5) is 0 Å². The molecule has 0 bridgehead atoms. The summed E-state index contributed by atoms with van der Waals surface area (Å²) < 4.78 is 5.86. The van der Waals surface area contributed by atoms with Crippen molar-refractivity contribution in [3.05, 3.63) is 95.5 Å². The smallest absolute Gasteiger partial charge is 0.152 e. The molecule has 5 nitrogen and oxygen atoms in total. The van der Waals surface area contributed by atoms with Crippen LogP contribution in [0.15, 0.2) is 77.5 Å². The molecule has 0 saturated heterocycles. The highest BCUT2D eigenvalue weighted by molar-refractivity contribution is 5.90. The van der Waals surface area contributed by atoms with Crippen LogP contribution in [0.25, 0.3) is 44.2 Å². The number of H-pyrrole nitrogens is 1. The Balaban J connectivity index is 1.28. The second-order valence-electron chi connectivity index (χ2n) is 9.34. The maximum absolute atomic E-state index is 5.86. The van der Waals surface area contributed by atoms with Crippen LogP contribution in [-0.2, 0) is 19.4 Å². The molecular weight excluding hydrogens is 420 g/mol. The van der Waals surface area contributed by atoms with Gasteiger partial charge in [0.2, 0.25) is 0 Å². The molecule has 4 aromatic heterocycles. The number of nitrogens with one attached hydrogen (secondary N) is 1. The van der Waals surface area contributed by atoms with Crippen molar-refractivity contribution in [2.75, 3.05) is 13.6 Å². The summed E-state index contributed by atoms with van der Waals surface area (Å²) in [5, 5.41) is 2.45. The number of likely N-dealkylation sites (N-methyl/N-ethyl adjacent to an activating group) is 1. The van der Waals surface area contributed by atoms with E-state index in [0.717, 1.165) is 64.8 Å². The lowest BCUT2D eigenvalue weighted by molar-refractivity contribution is 0.313. The Morgan fingerprint density at radius 3 is 3.00 bits per heavy atom. The molecule has 0 spiro atoms. The number of rotatable bonds is 3. The number of furan rings is 1. The lowest BCUT2D eigenvalue weighted by atomic mass is 10.0. The molecule has 0 unspecified atom stereocenters. The Morgan fingerprint density at radius 2 is 2.03 bits per heavy atom. The van der Waals surface area contributed by atoms with Crippen molar-refractivity contribution in [2.45, 2.75) is 19.4 Å². The molecule has 0 radical (unpaired) electrons. The molecule has 1 N–H and O–H groups in total. The fourth-order valence-electron chi connectivity index (χ4n) is 5.21. The Morgan fingerprint density at radius 1 is 1.06 bits per heavy atom. The van der Waals surface area contributed by atoms with Gasteiger partial charge in [0.25, 0.3) is 0 Å². The van der Waals surface area contributed by atoms with Gasteiger partial charge in [-0.2, -0.15) is 0 Å². The highest BCUT2D eigenvalue weighted by Gasteiger charge is 2.19. The molecule has 0 amide bonds. The van der Waals surface area contributed by atoms with Crippen LogP contribution in [-0.4, -0.2) is 33.4 Å². The first-order chi connectivity index (χ1) is 16.7. The summed E-state index contributed by atoms with van der Waals surface area (Å²) in [5.74, 6) is 0. The standard InChI is InChI=1S/C29H24N4O/c1-33-12-10-27-23(16-33)22-15-20(5-7-26(22)31-27)25-8-9-28-29(32-25)21(17-34-28)14-18-4-6-24-19(13-18)3-2-11-30-24/h2-9,11,13,15,17,31H,10,12,14,16H2,1H3. The van der Waals surface area contributed by atoms with Gasteiger partial charge in [-0.1, -0.05) is 18.2 Å². The molecule has 0 fully saturated rings. The fraction of sp³-hybridized carbons (Fsp3) is 0.172. The van der Waals surface area contributed by atoms with E-state index in [1.54, 1.807) is 0 Å². The van der Waals surface area contributed by atoms with E-state index in [1.165, 1.54) is 27.7 Å². The molecule has 5 heterocycles. The number of hydrogen-bond acceptors (Lipinski definition) is 4. The Kier molecular flexibility index (Phi) is 4.32. The Hall–Kier alpha value is -3.96. The zero-order valence-corrected chi connectivity index (χ0v) is 19.0. The molecular formula is C29H24N4O. The van der Waals surface area contributed by atoms with E-state index in [-0.39, 0.29) is 0 Å². The predicted molar refractivity (Wildman–Crippen MR) is 136 cm³/mol. The van der Waals surface area contributed by atoms with Gasteiger partial charge < -0.3 is 14.3 Å². The fourth-order valence-corrected chi connectivity index (χ4v) is 5.21. The molecule has 34 heavy (non-hydrogen) atoms. The topological polar surface area (TPSA) is 58.0 Å². The minimum Gasteiger partial charge on any atom is -0.462 e. The first-order valence-corrected chi connectivity index (χ1v) is 11.7. The Bertz CT molecular complexity index is 1690. The van der Waals surface area contributed by atoms with E-state index in [4.69, 9.17) is 9.40 Å². The Labute approximate surface area is 197 Å². The summed E-state index contributed by atoms with van der Waals surface area (Å²) in [6.45, 7) is 2.08. The van der Waals surface area contributed by atoms with Crippen LogP contribution in [0.5, 0.6) is 0 Å². The van der Waals surface area contributed by atoms with E-state index < -0.39 is 0 Å².